The molecule has 0 saturated heterocycles. The lowest BCUT2D eigenvalue weighted by molar-refractivity contribution is 0.813. The zero-order chi connectivity index (χ0) is 9.26. The number of hydrogen-bond donors (Lipinski definition) is 0. The van der Waals surface area contributed by atoms with E-state index >= 15 is 0 Å². The van der Waals surface area contributed by atoms with Crippen molar-refractivity contribution < 1.29 is 0 Å². The molecule has 0 saturated carbocycles. The summed E-state index contributed by atoms with van der Waals surface area (Å²) in [6.07, 6.45) is 8.75. The molecule has 0 spiro atoms. The third-order valence-corrected chi connectivity index (χ3v) is 2.51. The Balaban J connectivity index is 2.42. The zero-order valence-corrected chi connectivity index (χ0v) is 8.25. The van der Waals surface area contributed by atoms with Crippen molar-refractivity contribution in [1.82, 2.24) is 4.98 Å². The van der Waals surface area contributed by atoms with Crippen LogP contribution in [0.1, 0.15) is 43.0 Å². The smallest absolute Gasteiger partial charge is 0.0432 e. The van der Waals surface area contributed by atoms with Gasteiger partial charge in [0.1, 0.15) is 0 Å². The van der Waals surface area contributed by atoms with E-state index in [0.717, 1.165) is 0 Å². The fraction of sp³-hybridized carbons (Fsp3) is 0.417. The summed E-state index contributed by atoms with van der Waals surface area (Å²) < 4.78 is 0. The molecule has 0 aromatic carbocycles. The Morgan fingerprint density at radius 2 is 2.23 bits per heavy atom. The van der Waals surface area contributed by atoms with Gasteiger partial charge in [-0.15, -0.1) is 0 Å². The largest absolute Gasteiger partial charge is 0.260 e. The Labute approximate surface area is 79.5 Å². The molecule has 1 heterocycles. The zero-order valence-electron chi connectivity index (χ0n) is 8.25. The number of nitrogens with zero attached hydrogens (tertiary/aromatic N) is 1. The minimum Gasteiger partial charge on any atom is -0.260 e. The van der Waals surface area contributed by atoms with Crippen LogP contribution in [0.3, 0.4) is 0 Å². The second-order valence-corrected chi connectivity index (χ2v) is 3.90. The summed E-state index contributed by atoms with van der Waals surface area (Å²) in [5.41, 5.74) is 3.98. The molecule has 1 heteroatoms. The van der Waals surface area contributed by atoms with E-state index in [4.69, 9.17) is 0 Å². The van der Waals surface area contributed by atoms with Crippen LogP contribution in [0.25, 0.3) is 6.08 Å². The van der Waals surface area contributed by atoms with Crippen molar-refractivity contribution in [2.24, 2.45) is 0 Å². The van der Waals surface area contributed by atoms with E-state index in [1.54, 1.807) is 0 Å². The molecule has 0 radical (unpaired) electrons. The summed E-state index contributed by atoms with van der Waals surface area (Å²) in [6, 6.07) is 2.25. The molecule has 68 valence electrons. The fourth-order valence-electron chi connectivity index (χ4n) is 1.66. The summed E-state index contributed by atoms with van der Waals surface area (Å²) in [5, 5.41) is 0. The number of rotatable bonds is 1. The fourth-order valence-corrected chi connectivity index (χ4v) is 1.66. The highest BCUT2D eigenvalue weighted by Crippen LogP contribution is 2.21. The third-order valence-electron chi connectivity index (χ3n) is 2.51. The summed E-state index contributed by atoms with van der Waals surface area (Å²) in [4.78, 5) is 4.44. The quantitative estimate of drug-likeness (QED) is 0.635. The second kappa shape index (κ2) is 3.33. The van der Waals surface area contributed by atoms with Crippen molar-refractivity contribution in [1.29, 1.82) is 0 Å². The lowest BCUT2D eigenvalue weighted by Crippen LogP contribution is -2.00. The Kier molecular flexibility index (Phi) is 2.17. The van der Waals surface area contributed by atoms with Gasteiger partial charge in [0.15, 0.2) is 0 Å². The highest BCUT2D eigenvalue weighted by atomic mass is 14.7. The van der Waals surface area contributed by atoms with Gasteiger partial charge in [0.05, 0.1) is 0 Å². The monoisotopic (exact) mass is 173 g/mol. The molecule has 0 N–H and O–H groups in total. The lowest BCUT2D eigenvalue weighted by atomic mass is 9.96. The van der Waals surface area contributed by atoms with Crippen molar-refractivity contribution in [3.8, 4) is 0 Å². The number of aromatic nitrogens is 1. The lowest BCUT2D eigenvalue weighted by Gasteiger charge is -2.12. The first-order valence-corrected chi connectivity index (χ1v) is 4.93. The number of hydrogen-bond acceptors (Lipinski definition) is 1. The molecule has 1 nitrogen and oxygen atoms in total. The van der Waals surface area contributed by atoms with Gasteiger partial charge in [-0.1, -0.05) is 26.0 Å². The topological polar surface area (TPSA) is 12.9 Å². The maximum atomic E-state index is 4.44. The van der Waals surface area contributed by atoms with Crippen molar-refractivity contribution >= 4 is 6.08 Å². The molecule has 0 unspecified atom stereocenters. The summed E-state index contributed by atoms with van der Waals surface area (Å²) in [7, 11) is 0. The van der Waals surface area contributed by atoms with Gasteiger partial charge in [-0.05, 0) is 36.0 Å². The van der Waals surface area contributed by atoms with E-state index < -0.39 is 0 Å². The van der Waals surface area contributed by atoms with Crippen LogP contribution in [0.15, 0.2) is 18.3 Å². The van der Waals surface area contributed by atoms with Gasteiger partial charge in [-0.3, -0.25) is 4.98 Å². The highest BCUT2D eigenvalue weighted by molar-refractivity contribution is 5.55. The van der Waals surface area contributed by atoms with Crippen molar-refractivity contribution in [3.05, 3.63) is 35.2 Å². The normalized spacial score (nSPS) is 14.7. The van der Waals surface area contributed by atoms with E-state index in [1.165, 1.54) is 29.7 Å². The van der Waals surface area contributed by atoms with Crippen LogP contribution in [0.5, 0.6) is 0 Å². The molecule has 1 aromatic rings. The standard InChI is InChI=1S/C12H15N/c1-9(2)12-7-10-5-3-4-6-11(10)8-13-12/h4,6-9H,3,5H2,1-2H3. The third kappa shape index (κ3) is 1.64. The Morgan fingerprint density at radius 1 is 1.38 bits per heavy atom. The first-order chi connectivity index (χ1) is 6.27. The van der Waals surface area contributed by atoms with Crippen LogP contribution in [-0.2, 0) is 6.42 Å². The predicted molar refractivity (Wildman–Crippen MR) is 55.7 cm³/mol. The molecule has 0 bridgehead atoms. The Bertz CT molecular complexity index is 337. The van der Waals surface area contributed by atoms with Crippen molar-refractivity contribution in [2.45, 2.75) is 32.6 Å². The molecule has 0 fully saturated rings. The predicted octanol–water partition coefficient (Wildman–Crippen LogP) is 3.16. The number of allylic oxidation sites excluding steroid dienone is 1. The molecule has 0 aliphatic heterocycles. The van der Waals surface area contributed by atoms with Gasteiger partial charge in [0.2, 0.25) is 0 Å². The Hall–Kier alpha value is -1.11. The second-order valence-electron chi connectivity index (χ2n) is 3.90. The number of pyridine rings is 1. The SMILES string of the molecule is CC(C)c1cc2c(cn1)C=CCC2. The van der Waals surface area contributed by atoms with Crippen LogP contribution >= 0.6 is 0 Å². The minimum absolute atomic E-state index is 0.538. The molecule has 1 aromatic heterocycles. The molecule has 1 aliphatic rings. The van der Waals surface area contributed by atoms with Crippen LogP contribution in [0.4, 0.5) is 0 Å². The van der Waals surface area contributed by atoms with Gasteiger partial charge in [0, 0.05) is 11.9 Å². The van der Waals surface area contributed by atoms with E-state index in [2.05, 4.69) is 37.0 Å². The number of aryl methyl sites for hydroxylation is 1. The first-order valence-electron chi connectivity index (χ1n) is 4.93. The average molecular weight is 173 g/mol. The van der Waals surface area contributed by atoms with Gasteiger partial charge in [-0.2, -0.15) is 0 Å². The van der Waals surface area contributed by atoms with Gasteiger partial charge >= 0.3 is 0 Å². The summed E-state index contributed by atoms with van der Waals surface area (Å²) in [6.45, 7) is 4.38. The van der Waals surface area contributed by atoms with Gasteiger partial charge in [0.25, 0.3) is 0 Å². The highest BCUT2D eigenvalue weighted by Gasteiger charge is 2.07. The van der Waals surface area contributed by atoms with Crippen LogP contribution < -0.4 is 0 Å². The number of fused-ring (bicyclic) bond motifs is 1. The molecule has 0 amide bonds. The van der Waals surface area contributed by atoms with Gasteiger partial charge < -0.3 is 0 Å². The molecule has 2 rings (SSSR count). The van der Waals surface area contributed by atoms with E-state index in [0.29, 0.717) is 5.92 Å². The maximum Gasteiger partial charge on any atom is 0.0432 e. The van der Waals surface area contributed by atoms with Crippen molar-refractivity contribution in [2.75, 3.05) is 0 Å². The molecular weight excluding hydrogens is 158 g/mol. The molecular formula is C12H15N. The minimum atomic E-state index is 0.538. The van der Waals surface area contributed by atoms with Gasteiger partial charge in [-0.25, -0.2) is 0 Å². The van der Waals surface area contributed by atoms with Crippen LogP contribution in [-0.4, -0.2) is 4.98 Å². The van der Waals surface area contributed by atoms with Crippen LogP contribution in [0.2, 0.25) is 0 Å². The molecule has 0 atom stereocenters. The van der Waals surface area contributed by atoms with Crippen LogP contribution in [0, 0.1) is 0 Å². The van der Waals surface area contributed by atoms with Crippen molar-refractivity contribution in [3.63, 3.8) is 0 Å². The maximum absolute atomic E-state index is 4.44. The molecule has 1 aliphatic carbocycles. The first kappa shape index (κ1) is 8.49. The summed E-state index contributed by atoms with van der Waals surface area (Å²) in [5.74, 6) is 0.538. The summed E-state index contributed by atoms with van der Waals surface area (Å²) >= 11 is 0. The molecule has 13 heavy (non-hydrogen) atoms. The average Bonchev–Trinajstić information content (AvgIpc) is 2.17. The van der Waals surface area contributed by atoms with E-state index in [1.807, 2.05) is 6.20 Å². The van der Waals surface area contributed by atoms with E-state index in [-0.39, 0.29) is 0 Å². The Morgan fingerprint density at radius 3 is 3.00 bits per heavy atom. The van der Waals surface area contributed by atoms with E-state index in [9.17, 15) is 0 Å².